The highest BCUT2D eigenvalue weighted by Gasteiger charge is 2.36. The Kier molecular flexibility index (Phi) is 3.55. The minimum atomic E-state index is -0.106. The summed E-state index contributed by atoms with van der Waals surface area (Å²) in [7, 11) is 0. The first-order valence-electron chi connectivity index (χ1n) is 6.48. The third-order valence-electron chi connectivity index (χ3n) is 3.90. The maximum Gasteiger partial charge on any atom is 0.263 e. The number of nitrogens with zero attached hydrogens (tertiary/aromatic N) is 2. The lowest BCUT2D eigenvalue weighted by molar-refractivity contribution is 0.0949. The molecule has 106 valence electrons. The average molecular weight is 308 g/mol. The summed E-state index contributed by atoms with van der Waals surface area (Å²) in [5.74, 6) is -0.106. The Balaban J connectivity index is 1.77. The van der Waals surface area contributed by atoms with E-state index in [2.05, 4.69) is 21.8 Å². The maximum absolute atomic E-state index is 12.3. The van der Waals surface area contributed by atoms with E-state index in [-0.39, 0.29) is 10.7 Å². The van der Waals surface area contributed by atoms with Crippen LogP contribution in [0.5, 0.6) is 0 Å². The van der Waals surface area contributed by atoms with Crippen LogP contribution in [0.25, 0.3) is 10.2 Å². The molecule has 1 aliphatic rings. The number of thioether (sulfide) groups is 1. The Labute approximate surface area is 125 Å². The summed E-state index contributed by atoms with van der Waals surface area (Å²) in [6.07, 6.45) is 7.28. The number of nitrogens with one attached hydrogen (secondary N) is 1. The molecule has 0 aromatic carbocycles. The van der Waals surface area contributed by atoms with Gasteiger partial charge in [0, 0.05) is 16.7 Å². The molecular formula is C13H16N4OS2. The van der Waals surface area contributed by atoms with Gasteiger partial charge < -0.3 is 11.1 Å². The first-order valence-corrected chi connectivity index (χ1v) is 8.52. The lowest BCUT2D eigenvalue weighted by atomic mass is 9.84. The lowest BCUT2D eigenvalue weighted by Crippen LogP contribution is -2.45. The van der Waals surface area contributed by atoms with Gasteiger partial charge in [0.1, 0.15) is 9.71 Å². The fraction of sp³-hybridized carbons (Fsp3) is 0.462. The fourth-order valence-corrected chi connectivity index (χ4v) is 4.26. The van der Waals surface area contributed by atoms with E-state index in [9.17, 15) is 4.79 Å². The molecule has 7 heteroatoms. The molecule has 0 radical (unpaired) electrons. The quantitative estimate of drug-likeness (QED) is 0.905. The fourth-order valence-electron chi connectivity index (χ4n) is 2.39. The Morgan fingerprint density at radius 2 is 2.40 bits per heavy atom. The van der Waals surface area contributed by atoms with Gasteiger partial charge in [0.15, 0.2) is 0 Å². The molecule has 3 N–H and O–H groups in total. The van der Waals surface area contributed by atoms with E-state index in [1.54, 1.807) is 12.3 Å². The monoisotopic (exact) mass is 308 g/mol. The number of hydrogen-bond donors (Lipinski definition) is 2. The zero-order chi connectivity index (χ0) is 14.2. The molecule has 2 heterocycles. The van der Waals surface area contributed by atoms with Crippen LogP contribution in [0.15, 0.2) is 12.3 Å². The van der Waals surface area contributed by atoms with Crippen LogP contribution in [0, 0.1) is 0 Å². The number of aromatic nitrogens is 2. The predicted molar refractivity (Wildman–Crippen MR) is 84.3 cm³/mol. The molecule has 0 bridgehead atoms. The summed E-state index contributed by atoms with van der Waals surface area (Å²) in [5, 5.41) is 11.6. The molecule has 1 fully saturated rings. The number of thiophene rings is 1. The van der Waals surface area contributed by atoms with Crippen molar-refractivity contribution in [2.45, 2.75) is 24.0 Å². The van der Waals surface area contributed by atoms with Gasteiger partial charge in [0.2, 0.25) is 0 Å². The van der Waals surface area contributed by atoms with Crippen LogP contribution in [-0.4, -0.2) is 33.7 Å². The normalized spacial score (nSPS) is 16.9. The number of hydrogen-bond acceptors (Lipinski definition) is 6. The van der Waals surface area contributed by atoms with Crippen LogP contribution in [0.3, 0.4) is 0 Å². The number of anilines is 1. The second-order valence-electron chi connectivity index (χ2n) is 5.02. The number of carbonyl (C=O) groups is 1. The number of amides is 1. The van der Waals surface area contributed by atoms with Crippen molar-refractivity contribution in [2.75, 3.05) is 18.5 Å². The summed E-state index contributed by atoms with van der Waals surface area (Å²) >= 11 is 3.14. The third kappa shape index (κ3) is 2.25. The second-order valence-corrected chi connectivity index (χ2v) is 7.29. The predicted octanol–water partition coefficient (Wildman–Crippen LogP) is 2.29. The van der Waals surface area contributed by atoms with E-state index in [1.165, 1.54) is 30.6 Å². The van der Waals surface area contributed by atoms with Gasteiger partial charge in [0.05, 0.1) is 11.9 Å². The van der Waals surface area contributed by atoms with Gasteiger partial charge in [-0.3, -0.25) is 4.79 Å². The van der Waals surface area contributed by atoms with Gasteiger partial charge >= 0.3 is 0 Å². The van der Waals surface area contributed by atoms with Crippen molar-refractivity contribution in [1.82, 2.24) is 15.5 Å². The highest BCUT2D eigenvalue weighted by Crippen LogP contribution is 2.42. The Morgan fingerprint density at radius 3 is 3.00 bits per heavy atom. The first-order chi connectivity index (χ1) is 9.65. The van der Waals surface area contributed by atoms with Crippen LogP contribution in [0.1, 0.15) is 28.9 Å². The van der Waals surface area contributed by atoms with E-state index in [4.69, 9.17) is 5.73 Å². The summed E-state index contributed by atoms with van der Waals surface area (Å²) < 4.78 is 0.223. The third-order valence-corrected chi connectivity index (χ3v) is 6.42. The number of nitrogens with two attached hydrogens (primary N) is 1. The van der Waals surface area contributed by atoms with Crippen molar-refractivity contribution in [1.29, 1.82) is 0 Å². The molecular weight excluding hydrogens is 292 g/mol. The molecule has 0 aliphatic heterocycles. The van der Waals surface area contributed by atoms with Crippen LogP contribution in [0.2, 0.25) is 0 Å². The van der Waals surface area contributed by atoms with E-state index < -0.39 is 0 Å². The van der Waals surface area contributed by atoms with Gasteiger partial charge in [-0.25, -0.2) is 0 Å². The molecule has 2 aromatic rings. The van der Waals surface area contributed by atoms with Crippen molar-refractivity contribution < 1.29 is 4.79 Å². The minimum absolute atomic E-state index is 0.106. The molecule has 0 atom stereocenters. The largest absolute Gasteiger partial charge is 0.397 e. The molecule has 5 nitrogen and oxygen atoms in total. The highest BCUT2D eigenvalue weighted by atomic mass is 32.2. The van der Waals surface area contributed by atoms with E-state index >= 15 is 0 Å². The molecule has 1 amide bonds. The molecule has 0 spiro atoms. The van der Waals surface area contributed by atoms with E-state index in [0.29, 0.717) is 21.9 Å². The van der Waals surface area contributed by atoms with Crippen molar-refractivity contribution in [2.24, 2.45) is 0 Å². The molecule has 1 aliphatic carbocycles. The maximum atomic E-state index is 12.3. The molecule has 20 heavy (non-hydrogen) atoms. The number of carbonyl (C=O) groups excluding carboxylic acids is 1. The topological polar surface area (TPSA) is 80.9 Å². The van der Waals surface area contributed by atoms with E-state index in [1.807, 2.05) is 11.8 Å². The number of fused-ring (bicyclic) bond motifs is 1. The summed E-state index contributed by atoms with van der Waals surface area (Å²) in [5.41, 5.74) is 6.54. The van der Waals surface area contributed by atoms with Crippen molar-refractivity contribution in [3.8, 4) is 0 Å². The lowest BCUT2D eigenvalue weighted by Gasteiger charge is -2.40. The van der Waals surface area contributed by atoms with Gasteiger partial charge in [-0.15, -0.1) is 16.4 Å². The zero-order valence-electron chi connectivity index (χ0n) is 11.2. The first kappa shape index (κ1) is 13.6. The molecule has 3 rings (SSSR count). The van der Waals surface area contributed by atoms with Gasteiger partial charge in [-0.1, -0.05) is 6.42 Å². The van der Waals surface area contributed by atoms with E-state index in [0.717, 1.165) is 5.39 Å². The van der Waals surface area contributed by atoms with Crippen molar-refractivity contribution in [3.05, 3.63) is 17.1 Å². The second kappa shape index (κ2) is 5.21. The van der Waals surface area contributed by atoms with Gasteiger partial charge in [-0.05, 0) is 25.2 Å². The summed E-state index contributed by atoms with van der Waals surface area (Å²) in [6, 6.07) is 1.79. The molecule has 1 saturated carbocycles. The van der Waals surface area contributed by atoms with Crippen molar-refractivity contribution >= 4 is 44.9 Å². The molecule has 2 aromatic heterocycles. The van der Waals surface area contributed by atoms with Crippen LogP contribution in [0.4, 0.5) is 5.69 Å². The Bertz CT molecular complexity index is 645. The summed E-state index contributed by atoms with van der Waals surface area (Å²) in [6.45, 7) is 0.701. The van der Waals surface area contributed by atoms with Gasteiger partial charge in [0.25, 0.3) is 5.91 Å². The minimum Gasteiger partial charge on any atom is -0.397 e. The zero-order valence-corrected chi connectivity index (χ0v) is 12.8. The van der Waals surface area contributed by atoms with Crippen molar-refractivity contribution in [3.63, 3.8) is 0 Å². The van der Waals surface area contributed by atoms with Crippen LogP contribution in [-0.2, 0) is 0 Å². The van der Waals surface area contributed by atoms with Crippen LogP contribution >= 0.6 is 23.1 Å². The molecule has 0 saturated heterocycles. The number of nitrogen functional groups attached to an aromatic ring is 1. The molecule has 0 unspecified atom stereocenters. The smallest absolute Gasteiger partial charge is 0.263 e. The Hall–Kier alpha value is -1.34. The summed E-state index contributed by atoms with van der Waals surface area (Å²) in [4.78, 5) is 13.5. The Morgan fingerprint density at radius 1 is 1.60 bits per heavy atom. The highest BCUT2D eigenvalue weighted by molar-refractivity contribution is 8.00. The number of rotatable bonds is 4. The average Bonchev–Trinajstić information content (AvgIpc) is 2.76. The van der Waals surface area contributed by atoms with Gasteiger partial charge in [-0.2, -0.15) is 16.9 Å². The standard InChI is InChI=1S/C13H16N4OS2/c1-19-13(4-2-5-13)7-15-11(18)10-9(14)8-3-6-16-17-12(8)20-10/h3,6H,2,4-5,7,14H2,1H3,(H,15,18). The SMILES string of the molecule is CSC1(CNC(=O)c2sc3nnccc3c2N)CCC1. The van der Waals surface area contributed by atoms with Crippen LogP contribution < -0.4 is 11.1 Å².